The summed E-state index contributed by atoms with van der Waals surface area (Å²) in [4.78, 5) is 15.5. The summed E-state index contributed by atoms with van der Waals surface area (Å²) >= 11 is 0. The second kappa shape index (κ2) is 9.58. The molecule has 0 amide bonds. The Labute approximate surface area is 263 Å². The van der Waals surface area contributed by atoms with Gasteiger partial charge in [-0.15, -0.1) is 0 Å². The first-order chi connectivity index (χ1) is 22.8. The first kappa shape index (κ1) is 25.0. The van der Waals surface area contributed by atoms with Gasteiger partial charge < -0.3 is 4.42 Å². The molecule has 214 valence electrons. The standard InChI is InChI=1S/C41H24N4O/c1-3-13-25(14-4-1)37-31-21-11-12-22-32(31)43-41(44-37)45-34-24-23-33-39(46-40(42-33)26-15-5-2-6-16-26)36(34)35-29-19-9-7-17-27(29)28-18-8-10-20-30(28)38(35)45/h1-24H. The maximum atomic E-state index is 6.68. The van der Waals surface area contributed by atoms with Crippen molar-refractivity contribution in [2.24, 2.45) is 0 Å². The summed E-state index contributed by atoms with van der Waals surface area (Å²) in [6, 6.07) is 50.1. The Morgan fingerprint density at radius 1 is 0.435 bits per heavy atom. The molecule has 0 saturated carbocycles. The molecule has 0 aliphatic carbocycles. The van der Waals surface area contributed by atoms with Gasteiger partial charge in [0.1, 0.15) is 5.52 Å². The summed E-state index contributed by atoms with van der Waals surface area (Å²) in [5.74, 6) is 1.21. The highest BCUT2D eigenvalue weighted by atomic mass is 16.3. The lowest BCUT2D eigenvalue weighted by atomic mass is 9.96. The largest absolute Gasteiger partial charge is 0.435 e. The number of hydrogen-bond donors (Lipinski definition) is 0. The van der Waals surface area contributed by atoms with E-state index in [9.17, 15) is 0 Å². The van der Waals surface area contributed by atoms with Gasteiger partial charge in [-0.3, -0.25) is 4.57 Å². The van der Waals surface area contributed by atoms with Crippen LogP contribution in [0.5, 0.6) is 0 Å². The highest BCUT2D eigenvalue weighted by Crippen LogP contribution is 2.45. The number of para-hydroxylation sites is 1. The fourth-order valence-corrected chi connectivity index (χ4v) is 7.03. The van der Waals surface area contributed by atoms with E-state index in [4.69, 9.17) is 19.4 Å². The molecule has 7 aromatic carbocycles. The number of oxazole rings is 1. The van der Waals surface area contributed by atoms with Gasteiger partial charge in [0.05, 0.1) is 27.6 Å². The summed E-state index contributed by atoms with van der Waals surface area (Å²) in [5.41, 5.74) is 7.35. The van der Waals surface area contributed by atoms with Gasteiger partial charge in [0.25, 0.3) is 0 Å². The van der Waals surface area contributed by atoms with Crippen molar-refractivity contribution in [3.8, 4) is 28.7 Å². The smallest absolute Gasteiger partial charge is 0.235 e. The lowest BCUT2D eigenvalue weighted by molar-refractivity contribution is 0.623. The summed E-state index contributed by atoms with van der Waals surface area (Å²) in [7, 11) is 0. The first-order valence-electron chi connectivity index (χ1n) is 15.4. The van der Waals surface area contributed by atoms with Crippen LogP contribution in [0.1, 0.15) is 0 Å². The molecule has 0 aliphatic heterocycles. The van der Waals surface area contributed by atoms with E-state index < -0.39 is 0 Å². The van der Waals surface area contributed by atoms with Crippen molar-refractivity contribution in [1.82, 2.24) is 19.5 Å². The maximum absolute atomic E-state index is 6.68. The monoisotopic (exact) mass is 588 g/mol. The zero-order chi connectivity index (χ0) is 30.2. The lowest BCUT2D eigenvalue weighted by Crippen LogP contribution is -2.03. The second-order valence-corrected chi connectivity index (χ2v) is 11.6. The van der Waals surface area contributed by atoms with Crippen LogP contribution in [0.15, 0.2) is 150 Å². The van der Waals surface area contributed by atoms with Crippen LogP contribution in [0, 0.1) is 0 Å². The van der Waals surface area contributed by atoms with Gasteiger partial charge in [0.15, 0.2) is 5.58 Å². The zero-order valence-electron chi connectivity index (χ0n) is 24.6. The van der Waals surface area contributed by atoms with Crippen LogP contribution >= 0.6 is 0 Å². The fourth-order valence-electron chi connectivity index (χ4n) is 7.03. The molecule has 10 rings (SSSR count). The Kier molecular flexibility index (Phi) is 5.22. The van der Waals surface area contributed by atoms with Crippen molar-refractivity contribution in [3.05, 3.63) is 146 Å². The SMILES string of the molecule is c1ccc(-c2nc3ccc4c(c3o2)c2c3ccccc3c3ccccc3c2n4-c2nc(-c3ccccc3)c3ccccc3n2)cc1. The first-order valence-corrected chi connectivity index (χ1v) is 15.4. The molecule has 0 atom stereocenters. The van der Waals surface area contributed by atoms with Crippen molar-refractivity contribution in [2.45, 2.75) is 0 Å². The van der Waals surface area contributed by atoms with E-state index in [0.717, 1.165) is 71.4 Å². The molecule has 0 aliphatic rings. The number of benzene rings is 7. The van der Waals surface area contributed by atoms with Gasteiger partial charge in [-0.25, -0.2) is 15.0 Å². The number of fused-ring (bicyclic) bond motifs is 11. The lowest BCUT2D eigenvalue weighted by Gasteiger charge is -2.13. The summed E-state index contributed by atoms with van der Waals surface area (Å²) in [6.07, 6.45) is 0. The van der Waals surface area contributed by atoms with Crippen LogP contribution in [0.2, 0.25) is 0 Å². The third-order valence-electron chi connectivity index (χ3n) is 9.02. The van der Waals surface area contributed by atoms with Crippen molar-refractivity contribution in [3.63, 3.8) is 0 Å². The van der Waals surface area contributed by atoms with E-state index in [0.29, 0.717) is 11.8 Å². The molecule has 3 aromatic heterocycles. The molecule has 0 unspecified atom stereocenters. The Morgan fingerprint density at radius 2 is 1.04 bits per heavy atom. The molecule has 5 nitrogen and oxygen atoms in total. The van der Waals surface area contributed by atoms with Gasteiger partial charge in [-0.1, -0.05) is 115 Å². The summed E-state index contributed by atoms with van der Waals surface area (Å²) in [5, 5.41) is 7.76. The molecule has 0 N–H and O–H groups in total. The second-order valence-electron chi connectivity index (χ2n) is 11.6. The molecule has 10 aromatic rings. The van der Waals surface area contributed by atoms with E-state index in [1.165, 1.54) is 10.8 Å². The molecular weight excluding hydrogens is 564 g/mol. The fraction of sp³-hybridized carbons (Fsp3) is 0. The van der Waals surface area contributed by atoms with Crippen LogP contribution in [-0.2, 0) is 0 Å². The zero-order valence-corrected chi connectivity index (χ0v) is 24.6. The molecule has 0 fully saturated rings. The average Bonchev–Trinajstić information content (AvgIpc) is 3.72. The van der Waals surface area contributed by atoms with Gasteiger partial charge >= 0.3 is 0 Å². The number of nitrogens with zero attached hydrogens (tertiary/aromatic N) is 4. The van der Waals surface area contributed by atoms with Crippen LogP contribution in [0.25, 0.3) is 94.0 Å². The molecule has 5 heteroatoms. The quantitative estimate of drug-likeness (QED) is 0.193. The predicted molar refractivity (Wildman–Crippen MR) is 187 cm³/mol. The highest BCUT2D eigenvalue weighted by molar-refractivity contribution is 6.35. The van der Waals surface area contributed by atoms with Gasteiger partial charge in [0.2, 0.25) is 11.8 Å². The van der Waals surface area contributed by atoms with E-state index in [1.807, 2.05) is 54.6 Å². The predicted octanol–water partition coefficient (Wildman–Crippen LogP) is 10.5. The van der Waals surface area contributed by atoms with Crippen LogP contribution < -0.4 is 0 Å². The minimum Gasteiger partial charge on any atom is -0.435 e. The van der Waals surface area contributed by atoms with E-state index in [-0.39, 0.29) is 0 Å². The molecule has 0 spiro atoms. The molecular formula is C41H24N4O. The minimum absolute atomic E-state index is 0.599. The normalized spacial score (nSPS) is 11.9. The third-order valence-corrected chi connectivity index (χ3v) is 9.02. The van der Waals surface area contributed by atoms with Crippen LogP contribution in [0.3, 0.4) is 0 Å². The average molecular weight is 589 g/mol. The van der Waals surface area contributed by atoms with Crippen molar-refractivity contribution < 1.29 is 4.42 Å². The van der Waals surface area contributed by atoms with Crippen molar-refractivity contribution in [2.75, 3.05) is 0 Å². The van der Waals surface area contributed by atoms with Gasteiger partial charge in [-0.2, -0.15) is 0 Å². The van der Waals surface area contributed by atoms with E-state index in [1.54, 1.807) is 0 Å². The Balaban J connectivity index is 1.43. The van der Waals surface area contributed by atoms with Crippen molar-refractivity contribution in [1.29, 1.82) is 0 Å². The summed E-state index contributed by atoms with van der Waals surface area (Å²) in [6.45, 7) is 0. The minimum atomic E-state index is 0.599. The molecule has 0 saturated heterocycles. The number of hydrogen-bond acceptors (Lipinski definition) is 4. The molecule has 3 heterocycles. The Hall–Kier alpha value is -6.33. The maximum Gasteiger partial charge on any atom is 0.235 e. The molecule has 0 radical (unpaired) electrons. The van der Waals surface area contributed by atoms with E-state index in [2.05, 4.69) is 95.6 Å². The van der Waals surface area contributed by atoms with Gasteiger partial charge in [0, 0.05) is 27.3 Å². The number of rotatable bonds is 3. The van der Waals surface area contributed by atoms with Crippen molar-refractivity contribution >= 4 is 65.4 Å². The van der Waals surface area contributed by atoms with E-state index >= 15 is 0 Å². The highest BCUT2D eigenvalue weighted by Gasteiger charge is 2.25. The third kappa shape index (κ3) is 3.54. The van der Waals surface area contributed by atoms with Crippen LogP contribution in [-0.4, -0.2) is 19.5 Å². The topological polar surface area (TPSA) is 56.7 Å². The Bertz CT molecular complexity index is 2800. The molecule has 0 bridgehead atoms. The molecule has 46 heavy (non-hydrogen) atoms. The Morgan fingerprint density at radius 3 is 1.80 bits per heavy atom. The summed E-state index contributed by atoms with van der Waals surface area (Å²) < 4.78 is 8.91. The van der Waals surface area contributed by atoms with Gasteiger partial charge in [-0.05, 0) is 46.5 Å². The van der Waals surface area contributed by atoms with Crippen LogP contribution in [0.4, 0.5) is 0 Å². The number of aromatic nitrogens is 4.